The smallest absolute Gasteiger partial charge is 0.323 e. The lowest BCUT2D eigenvalue weighted by molar-refractivity contribution is 0.265. The largest absolute Gasteiger partial charge is 0.493 e. The third kappa shape index (κ3) is 6.79. The molecule has 1 saturated carbocycles. The summed E-state index contributed by atoms with van der Waals surface area (Å²) in [6, 6.07) is 12.6. The highest BCUT2D eigenvalue weighted by atomic mass is 16.5. The fraction of sp³-hybridized carbons (Fsp3) is 0.438. The average Bonchev–Trinajstić information content (AvgIpc) is 3.37. The van der Waals surface area contributed by atoms with Crippen molar-refractivity contribution in [2.24, 2.45) is 5.92 Å². The molecule has 0 amide bonds. The van der Waals surface area contributed by atoms with Gasteiger partial charge in [-0.1, -0.05) is 57.4 Å². The van der Waals surface area contributed by atoms with Crippen molar-refractivity contribution in [2.75, 3.05) is 19.8 Å². The molecule has 2 aromatic carbocycles. The minimum Gasteiger partial charge on any atom is -0.493 e. The summed E-state index contributed by atoms with van der Waals surface area (Å²) in [5.74, 6) is 2.98. The van der Waals surface area contributed by atoms with Crippen LogP contribution in [0.4, 0.5) is 0 Å². The Morgan fingerprint density at radius 2 is 1.55 bits per heavy atom. The zero-order chi connectivity index (χ0) is 27.9. The molecule has 4 aromatic rings. The van der Waals surface area contributed by atoms with Crippen LogP contribution in [-0.2, 0) is 0 Å². The van der Waals surface area contributed by atoms with E-state index in [0.717, 1.165) is 28.0 Å². The maximum atomic E-state index is 6.25. The van der Waals surface area contributed by atoms with E-state index in [4.69, 9.17) is 23.6 Å². The zero-order valence-electron chi connectivity index (χ0n) is 23.9. The Morgan fingerprint density at radius 1 is 0.850 bits per heavy atom. The first-order chi connectivity index (χ1) is 19.5. The van der Waals surface area contributed by atoms with E-state index < -0.39 is 0 Å². The van der Waals surface area contributed by atoms with E-state index in [2.05, 4.69) is 34.9 Å². The average molecular weight is 543 g/mol. The molecule has 0 atom stereocenters. The van der Waals surface area contributed by atoms with E-state index in [9.17, 15) is 0 Å². The van der Waals surface area contributed by atoms with Crippen LogP contribution in [0.15, 0.2) is 40.8 Å². The van der Waals surface area contributed by atoms with Crippen molar-refractivity contribution in [3.63, 3.8) is 0 Å². The summed E-state index contributed by atoms with van der Waals surface area (Å²) in [6.07, 6.45) is 10.1. The van der Waals surface area contributed by atoms with Crippen LogP contribution in [-0.4, -0.2) is 39.8 Å². The van der Waals surface area contributed by atoms with Crippen LogP contribution >= 0.6 is 0 Å². The lowest BCUT2D eigenvalue weighted by Crippen LogP contribution is -2.10. The number of rotatable bonds is 11. The molecule has 1 aliphatic rings. The van der Waals surface area contributed by atoms with Crippen LogP contribution in [0.3, 0.4) is 0 Å². The predicted molar refractivity (Wildman–Crippen MR) is 157 cm³/mol. The number of benzene rings is 2. The summed E-state index contributed by atoms with van der Waals surface area (Å²) in [4.78, 5) is 17.8. The number of nitrogens with zero attached hydrogens (tertiary/aromatic N) is 4. The van der Waals surface area contributed by atoms with E-state index in [1.165, 1.54) is 37.7 Å². The molecule has 5 rings (SSSR count). The Labute approximate surface area is 235 Å². The summed E-state index contributed by atoms with van der Waals surface area (Å²) in [7, 11) is 0. The van der Waals surface area contributed by atoms with Gasteiger partial charge in [0.05, 0.1) is 19.8 Å². The molecule has 0 spiro atoms. The number of oxazole rings is 1. The second kappa shape index (κ2) is 12.9. The van der Waals surface area contributed by atoms with Crippen LogP contribution in [0.2, 0.25) is 0 Å². The summed E-state index contributed by atoms with van der Waals surface area (Å²) in [5.41, 5.74) is 4.73. The molecular weight excluding hydrogens is 504 g/mol. The summed E-state index contributed by atoms with van der Waals surface area (Å²) < 4.78 is 23.3. The van der Waals surface area contributed by atoms with E-state index in [-0.39, 0.29) is 12.0 Å². The van der Waals surface area contributed by atoms with Crippen molar-refractivity contribution >= 4 is 23.3 Å². The number of hydrogen-bond acceptors (Lipinski definition) is 8. The van der Waals surface area contributed by atoms with Gasteiger partial charge in [-0.05, 0) is 61.8 Å². The topological polar surface area (TPSA) is 92.4 Å². The fourth-order valence-electron chi connectivity index (χ4n) is 4.94. The highest BCUT2D eigenvalue weighted by Crippen LogP contribution is 2.40. The van der Waals surface area contributed by atoms with E-state index in [1.54, 1.807) is 0 Å². The molecule has 8 heteroatoms. The zero-order valence-corrected chi connectivity index (χ0v) is 23.9. The van der Waals surface area contributed by atoms with E-state index in [0.29, 0.717) is 43.4 Å². The lowest BCUT2D eigenvalue weighted by Gasteiger charge is -2.24. The van der Waals surface area contributed by atoms with Gasteiger partial charge in [0.2, 0.25) is 5.89 Å². The Morgan fingerprint density at radius 3 is 2.20 bits per heavy atom. The first-order valence-corrected chi connectivity index (χ1v) is 14.4. The standard InChI is InChI=1S/C32H38N4O4/c1-5-37-31-34-30(35-32(36-31)38-6-2)24-15-12-22(13-16-24)14-17-29-33-26-18-25(23-10-8-7-9-11-23)27(19-28(26)40-29)39-20-21(3)4/h12-19,21,23H,5-11,20H2,1-4H3. The summed E-state index contributed by atoms with van der Waals surface area (Å²) in [6.45, 7) is 9.72. The van der Waals surface area contributed by atoms with Gasteiger partial charge in [-0.15, -0.1) is 4.98 Å². The van der Waals surface area contributed by atoms with Crippen molar-refractivity contribution in [2.45, 2.75) is 65.7 Å². The van der Waals surface area contributed by atoms with Gasteiger partial charge in [-0.2, -0.15) is 9.97 Å². The van der Waals surface area contributed by atoms with Crippen LogP contribution in [0.25, 0.3) is 34.6 Å². The molecule has 1 aliphatic carbocycles. The van der Waals surface area contributed by atoms with Crippen LogP contribution in [0.5, 0.6) is 17.8 Å². The number of ether oxygens (including phenoxy) is 3. The summed E-state index contributed by atoms with van der Waals surface area (Å²) >= 11 is 0. The summed E-state index contributed by atoms with van der Waals surface area (Å²) in [5, 5.41) is 0. The highest BCUT2D eigenvalue weighted by molar-refractivity contribution is 5.79. The normalized spacial score (nSPS) is 14.3. The molecule has 210 valence electrons. The van der Waals surface area contributed by atoms with Crippen LogP contribution in [0.1, 0.15) is 82.7 Å². The number of aromatic nitrogens is 4. The van der Waals surface area contributed by atoms with Crippen LogP contribution < -0.4 is 14.2 Å². The van der Waals surface area contributed by atoms with Gasteiger partial charge >= 0.3 is 12.0 Å². The van der Waals surface area contributed by atoms with Crippen molar-refractivity contribution in [3.8, 4) is 29.2 Å². The molecule has 0 aliphatic heterocycles. The molecule has 2 aromatic heterocycles. The Kier molecular flexibility index (Phi) is 8.94. The van der Waals surface area contributed by atoms with E-state index >= 15 is 0 Å². The lowest BCUT2D eigenvalue weighted by atomic mass is 9.83. The second-order valence-corrected chi connectivity index (χ2v) is 10.5. The Bertz CT molecular complexity index is 1420. The van der Waals surface area contributed by atoms with Gasteiger partial charge in [0, 0.05) is 17.7 Å². The third-order valence-corrected chi connectivity index (χ3v) is 6.88. The predicted octanol–water partition coefficient (Wildman–Crippen LogP) is 7.73. The monoisotopic (exact) mass is 542 g/mol. The molecule has 0 saturated heterocycles. The SMILES string of the molecule is CCOc1nc(OCC)nc(-c2ccc(C=Cc3nc4cc(C5CCCCC5)c(OCC(C)C)cc4o3)cc2)n1. The van der Waals surface area contributed by atoms with Gasteiger partial charge in [-0.3, -0.25) is 0 Å². The van der Waals surface area contributed by atoms with Gasteiger partial charge in [0.25, 0.3) is 0 Å². The second-order valence-electron chi connectivity index (χ2n) is 10.5. The number of fused-ring (bicyclic) bond motifs is 1. The first-order valence-electron chi connectivity index (χ1n) is 14.4. The van der Waals surface area contributed by atoms with Crippen molar-refractivity contribution < 1.29 is 18.6 Å². The van der Waals surface area contributed by atoms with Crippen LogP contribution in [0, 0.1) is 5.92 Å². The maximum Gasteiger partial charge on any atom is 0.323 e. The third-order valence-electron chi connectivity index (χ3n) is 6.88. The Balaban J connectivity index is 1.36. The van der Waals surface area contributed by atoms with Gasteiger partial charge in [0.15, 0.2) is 11.4 Å². The van der Waals surface area contributed by atoms with Gasteiger partial charge < -0.3 is 18.6 Å². The Hall–Kier alpha value is -3.94. The molecule has 0 unspecified atom stereocenters. The van der Waals surface area contributed by atoms with Crippen molar-refractivity contribution in [1.82, 2.24) is 19.9 Å². The first kappa shape index (κ1) is 27.6. The molecule has 1 fully saturated rings. The maximum absolute atomic E-state index is 6.25. The molecule has 8 nitrogen and oxygen atoms in total. The quantitative estimate of drug-likeness (QED) is 0.190. The molecule has 0 N–H and O–H groups in total. The molecule has 0 radical (unpaired) electrons. The fourth-order valence-corrected chi connectivity index (χ4v) is 4.94. The number of hydrogen-bond donors (Lipinski definition) is 0. The minimum atomic E-state index is 0.250. The van der Waals surface area contributed by atoms with Crippen molar-refractivity contribution in [3.05, 3.63) is 53.4 Å². The molecule has 0 bridgehead atoms. The molecular formula is C32H38N4O4. The molecule has 40 heavy (non-hydrogen) atoms. The van der Waals surface area contributed by atoms with Gasteiger partial charge in [0.1, 0.15) is 11.3 Å². The van der Waals surface area contributed by atoms with Gasteiger partial charge in [-0.25, -0.2) is 4.98 Å². The highest BCUT2D eigenvalue weighted by Gasteiger charge is 2.22. The van der Waals surface area contributed by atoms with Crippen molar-refractivity contribution in [1.29, 1.82) is 0 Å². The minimum absolute atomic E-state index is 0.250. The van der Waals surface area contributed by atoms with E-state index in [1.807, 2.05) is 56.3 Å². The molecule has 2 heterocycles.